The Morgan fingerprint density at radius 3 is 2.56 bits per heavy atom. The van der Waals surface area contributed by atoms with Crippen LogP contribution >= 0.6 is 0 Å². The predicted octanol–water partition coefficient (Wildman–Crippen LogP) is 2.13. The van der Waals surface area contributed by atoms with Gasteiger partial charge < -0.3 is 16.4 Å². The normalized spacial score (nSPS) is 10.4. The van der Waals surface area contributed by atoms with Crippen LogP contribution in [0.1, 0.15) is 37.8 Å². The molecule has 0 aliphatic heterocycles. The number of carbonyl (C=O) groups excluding carboxylic acids is 1. The molecule has 4 heteroatoms. The smallest absolute Gasteiger partial charge is 0.315 e. The van der Waals surface area contributed by atoms with E-state index in [2.05, 4.69) is 24.5 Å². The molecule has 0 fully saturated rings. The zero-order chi connectivity index (χ0) is 13.4. The van der Waals surface area contributed by atoms with E-state index in [9.17, 15) is 4.79 Å². The van der Waals surface area contributed by atoms with Gasteiger partial charge in [0.05, 0.1) is 0 Å². The second-order valence-corrected chi connectivity index (χ2v) is 4.36. The van der Waals surface area contributed by atoms with E-state index < -0.39 is 0 Å². The van der Waals surface area contributed by atoms with Gasteiger partial charge in [0, 0.05) is 19.1 Å². The van der Waals surface area contributed by atoms with Crippen molar-refractivity contribution in [2.24, 2.45) is 5.73 Å². The molecule has 2 amide bonds. The van der Waals surface area contributed by atoms with E-state index in [1.54, 1.807) is 0 Å². The fraction of sp³-hybridized carbons (Fsp3) is 0.500. The Morgan fingerprint density at radius 2 is 1.94 bits per heavy atom. The molecule has 1 aromatic rings. The lowest BCUT2D eigenvalue weighted by Crippen LogP contribution is -2.41. The molecule has 100 valence electrons. The molecular weight excluding hydrogens is 226 g/mol. The molecule has 1 aromatic carbocycles. The molecule has 0 unspecified atom stereocenters. The van der Waals surface area contributed by atoms with Crippen molar-refractivity contribution in [3.8, 4) is 0 Å². The van der Waals surface area contributed by atoms with Gasteiger partial charge in [-0.3, -0.25) is 0 Å². The molecule has 0 saturated carbocycles. The van der Waals surface area contributed by atoms with Gasteiger partial charge in [-0.15, -0.1) is 0 Å². The molecule has 4 nitrogen and oxygen atoms in total. The number of hydrogen-bond acceptors (Lipinski definition) is 2. The minimum Gasteiger partial charge on any atom is -0.335 e. The summed E-state index contributed by atoms with van der Waals surface area (Å²) in [7, 11) is 0. The van der Waals surface area contributed by atoms with E-state index in [0.29, 0.717) is 13.1 Å². The quantitative estimate of drug-likeness (QED) is 0.723. The first-order chi connectivity index (χ1) is 8.69. The topological polar surface area (TPSA) is 67.2 Å². The maximum Gasteiger partial charge on any atom is 0.315 e. The van der Waals surface area contributed by atoms with Crippen molar-refractivity contribution in [2.75, 3.05) is 0 Å². The van der Waals surface area contributed by atoms with Crippen LogP contribution in [0.5, 0.6) is 0 Å². The Labute approximate surface area is 109 Å². The van der Waals surface area contributed by atoms with Crippen LogP contribution in [0, 0.1) is 0 Å². The number of nitrogens with one attached hydrogen (secondary N) is 2. The Morgan fingerprint density at radius 1 is 1.28 bits per heavy atom. The SMILES string of the molecule is CCC(CC)NC(=O)NCc1cccc(CN)c1. The number of amides is 2. The summed E-state index contributed by atoms with van der Waals surface area (Å²) in [5, 5.41) is 5.80. The van der Waals surface area contributed by atoms with Gasteiger partial charge in [0.15, 0.2) is 0 Å². The van der Waals surface area contributed by atoms with Crippen molar-refractivity contribution in [3.63, 3.8) is 0 Å². The monoisotopic (exact) mass is 249 g/mol. The van der Waals surface area contributed by atoms with Gasteiger partial charge in [0.1, 0.15) is 0 Å². The summed E-state index contributed by atoms with van der Waals surface area (Å²) in [5.74, 6) is 0. The van der Waals surface area contributed by atoms with Crippen molar-refractivity contribution in [3.05, 3.63) is 35.4 Å². The zero-order valence-corrected chi connectivity index (χ0v) is 11.2. The molecule has 0 heterocycles. The Bertz CT molecular complexity index is 375. The summed E-state index contributed by atoms with van der Waals surface area (Å²) in [4.78, 5) is 11.7. The second-order valence-electron chi connectivity index (χ2n) is 4.36. The molecule has 0 aromatic heterocycles. The maximum atomic E-state index is 11.7. The van der Waals surface area contributed by atoms with Crippen molar-refractivity contribution >= 4 is 6.03 Å². The minimum absolute atomic E-state index is 0.109. The second kappa shape index (κ2) is 7.71. The molecule has 18 heavy (non-hydrogen) atoms. The molecule has 4 N–H and O–H groups in total. The van der Waals surface area contributed by atoms with Crippen LogP contribution in [-0.4, -0.2) is 12.1 Å². The lowest BCUT2D eigenvalue weighted by molar-refractivity contribution is 0.235. The number of hydrogen-bond donors (Lipinski definition) is 3. The minimum atomic E-state index is -0.109. The molecule has 0 bridgehead atoms. The van der Waals surface area contributed by atoms with Crippen molar-refractivity contribution < 1.29 is 4.79 Å². The van der Waals surface area contributed by atoms with Crippen molar-refractivity contribution in [1.29, 1.82) is 0 Å². The Kier molecular flexibility index (Phi) is 6.22. The van der Waals surface area contributed by atoms with Gasteiger partial charge in [0.2, 0.25) is 0 Å². The molecule has 0 atom stereocenters. The molecule has 0 aliphatic rings. The first-order valence-electron chi connectivity index (χ1n) is 6.51. The number of nitrogens with two attached hydrogens (primary N) is 1. The Hall–Kier alpha value is -1.55. The third-order valence-corrected chi connectivity index (χ3v) is 3.00. The van der Waals surface area contributed by atoms with Crippen LogP contribution < -0.4 is 16.4 Å². The first kappa shape index (κ1) is 14.5. The zero-order valence-electron chi connectivity index (χ0n) is 11.2. The number of carbonyl (C=O) groups is 1. The van der Waals surface area contributed by atoms with Crippen LogP contribution in [0.25, 0.3) is 0 Å². The Balaban J connectivity index is 2.42. The molecule has 0 radical (unpaired) electrons. The summed E-state index contributed by atoms with van der Waals surface area (Å²) in [5.41, 5.74) is 7.72. The molecule has 0 spiro atoms. The third-order valence-electron chi connectivity index (χ3n) is 3.00. The van der Waals surface area contributed by atoms with Crippen LogP contribution in [0.2, 0.25) is 0 Å². The average Bonchev–Trinajstić information content (AvgIpc) is 2.42. The number of benzene rings is 1. The average molecular weight is 249 g/mol. The molecule has 0 saturated heterocycles. The van der Waals surface area contributed by atoms with Gasteiger partial charge in [-0.05, 0) is 24.0 Å². The molecular formula is C14H23N3O. The highest BCUT2D eigenvalue weighted by Gasteiger charge is 2.07. The summed E-state index contributed by atoms with van der Waals surface area (Å²) in [6.45, 7) is 5.19. The lowest BCUT2D eigenvalue weighted by Gasteiger charge is -2.15. The first-order valence-corrected chi connectivity index (χ1v) is 6.51. The van der Waals surface area contributed by atoms with Gasteiger partial charge in [-0.1, -0.05) is 38.1 Å². The van der Waals surface area contributed by atoms with E-state index in [-0.39, 0.29) is 12.1 Å². The fourth-order valence-electron chi connectivity index (χ4n) is 1.78. The van der Waals surface area contributed by atoms with Gasteiger partial charge in [-0.2, -0.15) is 0 Å². The van der Waals surface area contributed by atoms with E-state index in [0.717, 1.165) is 24.0 Å². The third kappa shape index (κ3) is 4.75. The van der Waals surface area contributed by atoms with Crippen molar-refractivity contribution in [2.45, 2.75) is 45.8 Å². The summed E-state index contributed by atoms with van der Waals surface area (Å²) in [6.07, 6.45) is 1.90. The van der Waals surface area contributed by atoms with Crippen molar-refractivity contribution in [1.82, 2.24) is 10.6 Å². The van der Waals surface area contributed by atoms with Crippen LogP contribution in [0.3, 0.4) is 0 Å². The highest BCUT2D eigenvalue weighted by Crippen LogP contribution is 2.04. The number of rotatable bonds is 6. The lowest BCUT2D eigenvalue weighted by atomic mass is 10.1. The van der Waals surface area contributed by atoms with Gasteiger partial charge in [0.25, 0.3) is 0 Å². The van der Waals surface area contributed by atoms with Crippen LogP contribution in [0.15, 0.2) is 24.3 Å². The van der Waals surface area contributed by atoms with Gasteiger partial charge >= 0.3 is 6.03 Å². The summed E-state index contributed by atoms with van der Waals surface area (Å²) < 4.78 is 0. The summed E-state index contributed by atoms with van der Waals surface area (Å²) >= 11 is 0. The van der Waals surface area contributed by atoms with E-state index >= 15 is 0 Å². The standard InChI is InChI=1S/C14H23N3O/c1-3-13(4-2)17-14(18)16-10-12-7-5-6-11(8-12)9-15/h5-8,13H,3-4,9-10,15H2,1-2H3,(H2,16,17,18). The highest BCUT2D eigenvalue weighted by atomic mass is 16.2. The maximum absolute atomic E-state index is 11.7. The number of urea groups is 1. The van der Waals surface area contributed by atoms with E-state index in [4.69, 9.17) is 5.73 Å². The summed E-state index contributed by atoms with van der Waals surface area (Å²) in [6, 6.07) is 8.07. The van der Waals surface area contributed by atoms with Gasteiger partial charge in [-0.25, -0.2) is 4.79 Å². The molecule has 0 aliphatic carbocycles. The van der Waals surface area contributed by atoms with Crippen LogP contribution in [-0.2, 0) is 13.1 Å². The molecule has 1 rings (SSSR count). The fourth-order valence-corrected chi connectivity index (χ4v) is 1.78. The van der Waals surface area contributed by atoms with E-state index in [1.165, 1.54) is 0 Å². The largest absolute Gasteiger partial charge is 0.335 e. The van der Waals surface area contributed by atoms with E-state index in [1.807, 2.05) is 24.3 Å². The highest BCUT2D eigenvalue weighted by molar-refractivity contribution is 5.74. The predicted molar refractivity (Wildman–Crippen MR) is 74.1 cm³/mol. The van der Waals surface area contributed by atoms with Crippen LogP contribution in [0.4, 0.5) is 4.79 Å².